The smallest absolute Gasteiger partial charge is 0.270 e. The monoisotopic (exact) mass is 341 g/mol. The normalized spacial score (nSPS) is 17.7. The molecule has 1 aromatic rings. The molecule has 0 aromatic carbocycles. The van der Waals surface area contributed by atoms with Gasteiger partial charge in [0.1, 0.15) is 5.69 Å². The number of hydrogen-bond acceptors (Lipinski definition) is 3. The lowest BCUT2D eigenvalue weighted by Crippen LogP contribution is -2.57. The number of pyridine rings is 1. The first-order chi connectivity index (χ1) is 9.03. The first-order valence-electron chi connectivity index (χ1n) is 6.27. The number of hydrogen-bond donors (Lipinski definition) is 2. The van der Waals surface area contributed by atoms with Gasteiger partial charge in [-0.25, -0.2) is 4.98 Å². The zero-order chi connectivity index (χ0) is 13.9. The molecule has 0 spiro atoms. The van der Waals surface area contributed by atoms with Crippen molar-refractivity contribution in [3.63, 3.8) is 0 Å². The van der Waals surface area contributed by atoms with E-state index in [0.717, 1.165) is 36.6 Å². The molecule has 0 bridgehead atoms. The fourth-order valence-corrected chi connectivity index (χ4v) is 2.87. The number of nitrogens with one attached hydrogen (secondary N) is 1. The summed E-state index contributed by atoms with van der Waals surface area (Å²) in [5, 5.41) is 2.98. The third kappa shape index (κ3) is 3.30. The molecule has 4 nitrogen and oxygen atoms in total. The Kier molecular flexibility index (Phi) is 4.52. The van der Waals surface area contributed by atoms with Crippen LogP contribution in [0.2, 0.25) is 0 Å². The van der Waals surface area contributed by atoms with Crippen molar-refractivity contribution < 1.29 is 4.79 Å². The number of thiocarbonyl (C=S) groups is 1. The fraction of sp³-hybridized carbons (Fsp3) is 0.462. The minimum absolute atomic E-state index is 0.220. The van der Waals surface area contributed by atoms with Gasteiger partial charge in [-0.1, -0.05) is 31.5 Å². The molecule has 19 heavy (non-hydrogen) atoms. The van der Waals surface area contributed by atoms with Crippen molar-refractivity contribution in [1.29, 1.82) is 0 Å². The summed E-state index contributed by atoms with van der Waals surface area (Å²) >= 11 is 8.44. The van der Waals surface area contributed by atoms with Crippen LogP contribution in [0, 0.1) is 0 Å². The molecule has 0 unspecified atom stereocenters. The van der Waals surface area contributed by atoms with E-state index in [1.165, 1.54) is 0 Å². The summed E-state index contributed by atoms with van der Waals surface area (Å²) in [7, 11) is 0. The van der Waals surface area contributed by atoms with Gasteiger partial charge in [0.05, 0.1) is 10.5 Å². The molecule has 1 heterocycles. The first-order valence-corrected chi connectivity index (χ1v) is 7.48. The topological polar surface area (TPSA) is 68.0 Å². The first kappa shape index (κ1) is 14.4. The van der Waals surface area contributed by atoms with Crippen LogP contribution in [0.15, 0.2) is 22.8 Å². The SMILES string of the molecule is NC(=S)C1(NC(=O)c2ccc(Br)cn2)CCCCC1. The molecule has 1 fully saturated rings. The van der Waals surface area contributed by atoms with Crippen LogP contribution in [0.1, 0.15) is 42.6 Å². The highest BCUT2D eigenvalue weighted by Crippen LogP contribution is 2.28. The van der Waals surface area contributed by atoms with E-state index >= 15 is 0 Å². The molecule has 1 aromatic heterocycles. The average molecular weight is 342 g/mol. The van der Waals surface area contributed by atoms with Crippen LogP contribution in [-0.2, 0) is 0 Å². The molecule has 6 heteroatoms. The van der Waals surface area contributed by atoms with E-state index in [9.17, 15) is 4.79 Å². The summed E-state index contributed by atoms with van der Waals surface area (Å²) in [6, 6.07) is 3.46. The molecular weight excluding hydrogens is 326 g/mol. The summed E-state index contributed by atoms with van der Waals surface area (Å²) in [4.78, 5) is 16.7. The van der Waals surface area contributed by atoms with Crippen molar-refractivity contribution in [1.82, 2.24) is 10.3 Å². The van der Waals surface area contributed by atoms with Crippen molar-refractivity contribution in [3.8, 4) is 0 Å². The van der Waals surface area contributed by atoms with Crippen LogP contribution in [0.3, 0.4) is 0 Å². The number of carbonyl (C=O) groups is 1. The van der Waals surface area contributed by atoms with E-state index in [4.69, 9.17) is 18.0 Å². The Bertz CT molecular complexity index is 483. The Labute approximate surface area is 126 Å². The maximum Gasteiger partial charge on any atom is 0.270 e. The van der Waals surface area contributed by atoms with Gasteiger partial charge in [-0.3, -0.25) is 4.79 Å². The van der Waals surface area contributed by atoms with Crippen LogP contribution in [0.4, 0.5) is 0 Å². The third-order valence-corrected chi connectivity index (χ3v) is 4.35. The fourth-order valence-electron chi connectivity index (χ4n) is 2.38. The Balaban J connectivity index is 2.15. The minimum Gasteiger partial charge on any atom is -0.391 e. The number of nitrogens with two attached hydrogens (primary N) is 1. The number of rotatable bonds is 3. The molecule has 1 aliphatic rings. The lowest BCUT2D eigenvalue weighted by atomic mass is 9.81. The van der Waals surface area contributed by atoms with Crippen molar-refractivity contribution in [2.75, 3.05) is 0 Å². The van der Waals surface area contributed by atoms with E-state index in [2.05, 4.69) is 26.2 Å². The van der Waals surface area contributed by atoms with Gasteiger partial charge in [0.25, 0.3) is 5.91 Å². The molecular formula is C13H16BrN3OS. The van der Waals surface area contributed by atoms with Crippen LogP contribution < -0.4 is 11.1 Å². The number of amides is 1. The largest absolute Gasteiger partial charge is 0.391 e. The van der Waals surface area contributed by atoms with E-state index in [-0.39, 0.29) is 5.91 Å². The molecule has 1 amide bonds. The van der Waals surface area contributed by atoms with Crippen LogP contribution >= 0.6 is 28.1 Å². The number of aromatic nitrogens is 1. The van der Waals surface area contributed by atoms with Gasteiger partial charge < -0.3 is 11.1 Å². The van der Waals surface area contributed by atoms with Crippen molar-refractivity contribution in [2.45, 2.75) is 37.6 Å². The van der Waals surface area contributed by atoms with Crippen LogP contribution in [0.5, 0.6) is 0 Å². The van der Waals surface area contributed by atoms with Crippen molar-refractivity contribution in [2.24, 2.45) is 5.73 Å². The molecule has 0 aliphatic heterocycles. The number of halogens is 1. The lowest BCUT2D eigenvalue weighted by molar-refractivity contribution is 0.0903. The van der Waals surface area contributed by atoms with E-state index in [0.29, 0.717) is 10.7 Å². The van der Waals surface area contributed by atoms with E-state index in [1.54, 1.807) is 18.3 Å². The van der Waals surface area contributed by atoms with Gasteiger partial charge in [0.2, 0.25) is 0 Å². The standard InChI is InChI=1S/C13H16BrN3OS/c14-9-4-5-10(16-8-9)11(18)17-13(12(15)19)6-2-1-3-7-13/h4-5,8H,1-3,6-7H2,(H2,15,19)(H,17,18). The Morgan fingerprint density at radius 3 is 2.58 bits per heavy atom. The zero-order valence-corrected chi connectivity index (χ0v) is 12.9. The van der Waals surface area contributed by atoms with Gasteiger partial charge in [-0.2, -0.15) is 0 Å². The van der Waals surface area contributed by atoms with Crippen LogP contribution in [-0.4, -0.2) is 21.4 Å². The molecule has 3 N–H and O–H groups in total. The Hall–Kier alpha value is -1.01. The summed E-state index contributed by atoms with van der Waals surface area (Å²) < 4.78 is 0.839. The average Bonchev–Trinajstić information content (AvgIpc) is 2.40. The highest BCUT2D eigenvalue weighted by molar-refractivity contribution is 9.10. The molecule has 102 valence electrons. The summed E-state index contributed by atoms with van der Waals surface area (Å²) in [5.41, 5.74) is 5.68. The number of carbonyl (C=O) groups excluding carboxylic acids is 1. The number of nitrogens with zero attached hydrogens (tertiary/aromatic N) is 1. The van der Waals surface area contributed by atoms with Crippen molar-refractivity contribution in [3.05, 3.63) is 28.5 Å². The third-order valence-electron chi connectivity index (χ3n) is 3.49. The van der Waals surface area contributed by atoms with Gasteiger partial charge >= 0.3 is 0 Å². The van der Waals surface area contributed by atoms with Crippen molar-refractivity contribution >= 4 is 39.0 Å². The summed E-state index contributed by atoms with van der Waals surface area (Å²) in [6.45, 7) is 0. The molecule has 0 radical (unpaired) electrons. The van der Waals surface area contributed by atoms with Crippen LogP contribution in [0.25, 0.3) is 0 Å². The highest BCUT2D eigenvalue weighted by Gasteiger charge is 2.36. The summed E-state index contributed by atoms with van der Waals surface area (Å²) in [5.74, 6) is -0.220. The van der Waals surface area contributed by atoms with E-state index in [1.807, 2.05) is 0 Å². The Morgan fingerprint density at radius 2 is 2.05 bits per heavy atom. The molecule has 2 rings (SSSR count). The summed E-state index contributed by atoms with van der Waals surface area (Å²) in [6.07, 6.45) is 6.45. The zero-order valence-electron chi connectivity index (χ0n) is 10.5. The highest BCUT2D eigenvalue weighted by atomic mass is 79.9. The van der Waals surface area contributed by atoms with Gasteiger partial charge in [0, 0.05) is 10.7 Å². The van der Waals surface area contributed by atoms with E-state index < -0.39 is 5.54 Å². The molecule has 1 saturated carbocycles. The lowest BCUT2D eigenvalue weighted by Gasteiger charge is -2.37. The predicted octanol–water partition coefficient (Wildman–Crippen LogP) is 2.56. The second-order valence-corrected chi connectivity index (χ2v) is 6.18. The molecule has 1 aliphatic carbocycles. The second-order valence-electron chi connectivity index (χ2n) is 4.82. The maximum atomic E-state index is 12.2. The minimum atomic E-state index is -0.542. The quantitative estimate of drug-likeness (QED) is 0.829. The van der Waals surface area contributed by atoms with Gasteiger partial charge in [-0.15, -0.1) is 0 Å². The Morgan fingerprint density at radius 1 is 1.37 bits per heavy atom. The molecule has 0 atom stereocenters. The second kappa shape index (κ2) is 5.96. The maximum absolute atomic E-state index is 12.2. The van der Waals surface area contributed by atoms with Gasteiger partial charge in [-0.05, 0) is 40.9 Å². The molecule has 0 saturated heterocycles. The van der Waals surface area contributed by atoms with Gasteiger partial charge in [0.15, 0.2) is 0 Å². The predicted molar refractivity (Wildman–Crippen MR) is 82.0 cm³/mol.